The topological polar surface area (TPSA) is 36.4 Å². The molecule has 3 rings (SSSR count). The van der Waals surface area contributed by atoms with Crippen molar-refractivity contribution in [2.75, 3.05) is 11.9 Å². The molecule has 0 bridgehead atoms. The van der Waals surface area contributed by atoms with Gasteiger partial charge < -0.3 is 10.0 Å². The Morgan fingerprint density at radius 1 is 1.40 bits per heavy atom. The number of rotatable bonds is 3. The van der Waals surface area contributed by atoms with E-state index in [2.05, 4.69) is 4.98 Å². The molecule has 1 N–H and O–H groups in total. The normalized spacial score (nSPS) is 17.9. The lowest BCUT2D eigenvalue weighted by Crippen LogP contribution is -2.16. The summed E-state index contributed by atoms with van der Waals surface area (Å²) in [7, 11) is 1.97. The first-order valence-corrected chi connectivity index (χ1v) is 7.58. The Balaban J connectivity index is 1.77. The Morgan fingerprint density at radius 2 is 2.15 bits per heavy atom. The third-order valence-electron chi connectivity index (χ3n) is 3.57. The van der Waals surface area contributed by atoms with Crippen molar-refractivity contribution in [1.82, 2.24) is 4.98 Å². The molecule has 0 amide bonds. The number of fused-ring (bicyclic) bond motifs is 1. The summed E-state index contributed by atoms with van der Waals surface area (Å²) in [5.74, 6) is -0.218. The van der Waals surface area contributed by atoms with Crippen LogP contribution in [-0.2, 0) is 13.0 Å². The van der Waals surface area contributed by atoms with Crippen LogP contribution in [0, 0.1) is 5.82 Å². The molecule has 3 nitrogen and oxygen atoms in total. The van der Waals surface area contributed by atoms with Crippen LogP contribution in [0.4, 0.5) is 9.52 Å². The van der Waals surface area contributed by atoms with Crippen molar-refractivity contribution < 1.29 is 9.50 Å². The number of thiazole rings is 1. The van der Waals surface area contributed by atoms with Gasteiger partial charge in [-0.3, -0.25) is 0 Å². The summed E-state index contributed by atoms with van der Waals surface area (Å²) in [4.78, 5) is 7.81. The number of aliphatic hydroxyl groups excluding tert-OH is 1. The van der Waals surface area contributed by atoms with E-state index in [0.717, 1.165) is 35.7 Å². The molecule has 0 fully saturated rings. The van der Waals surface area contributed by atoms with E-state index >= 15 is 0 Å². The van der Waals surface area contributed by atoms with E-state index in [1.54, 1.807) is 23.5 Å². The fourth-order valence-electron chi connectivity index (χ4n) is 2.48. The summed E-state index contributed by atoms with van der Waals surface area (Å²) in [6.45, 7) is 0.683. The molecule has 1 aromatic carbocycles. The molecule has 1 unspecified atom stereocenters. The number of hydrogen-bond donors (Lipinski definition) is 1. The Bertz CT molecular complexity index is 596. The van der Waals surface area contributed by atoms with E-state index < -0.39 is 6.10 Å². The minimum Gasteiger partial charge on any atom is -0.387 e. The van der Waals surface area contributed by atoms with Crippen LogP contribution in [0.2, 0.25) is 0 Å². The van der Waals surface area contributed by atoms with E-state index in [1.165, 1.54) is 17.0 Å². The van der Waals surface area contributed by atoms with E-state index in [-0.39, 0.29) is 5.82 Å². The van der Waals surface area contributed by atoms with E-state index in [4.69, 9.17) is 0 Å². The van der Waals surface area contributed by atoms with Gasteiger partial charge in [-0.25, -0.2) is 9.37 Å². The quantitative estimate of drug-likeness (QED) is 0.943. The monoisotopic (exact) mass is 292 g/mol. The van der Waals surface area contributed by atoms with Gasteiger partial charge in [0.1, 0.15) is 5.82 Å². The van der Waals surface area contributed by atoms with Gasteiger partial charge in [-0.1, -0.05) is 12.1 Å². The number of anilines is 1. The average Bonchev–Trinajstić information content (AvgIpc) is 2.87. The second-order valence-corrected chi connectivity index (χ2v) is 6.26. The molecule has 0 saturated carbocycles. The van der Waals surface area contributed by atoms with Crippen molar-refractivity contribution in [2.45, 2.75) is 31.9 Å². The molecule has 0 spiro atoms. The third kappa shape index (κ3) is 2.69. The molecular weight excluding hydrogens is 275 g/mol. The van der Waals surface area contributed by atoms with Crippen LogP contribution in [0.3, 0.4) is 0 Å². The Hall–Kier alpha value is -1.46. The predicted molar refractivity (Wildman–Crippen MR) is 78.5 cm³/mol. The summed E-state index contributed by atoms with van der Waals surface area (Å²) in [6.07, 6.45) is 2.42. The van der Waals surface area contributed by atoms with Gasteiger partial charge in [-0.15, -0.1) is 11.3 Å². The Kier molecular flexibility index (Phi) is 3.72. The van der Waals surface area contributed by atoms with Gasteiger partial charge in [0, 0.05) is 18.5 Å². The standard InChI is InChI=1S/C15H17FN2OS/c1-18(9-10-5-7-11(16)8-6-10)15-17-14-12(19)3-2-4-13(14)20-15/h5-8,12,19H,2-4,9H2,1H3. The lowest BCUT2D eigenvalue weighted by atomic mass is 10.0. The fraction of sp³-hybridized carbons (Fsp3) is 0.400. The molecule has 1 aromatic heterocycles. The van der Waals surface area contributed by atoms with Gasteiger partial charge in [-0.05, 0) is 37.0 Å². The highest BCUT2D eigenvalue weighted by Gasteiger charge is 2.23. The van der Waals surface area contributed by atoms with Gasteiger partial charge in [0.05, 0.1) is 11.8 Å². The molecule has 1 heterocycles. The molecule has 1 atom stereocenters. The summed E-state index contributed by atoms with van der Waals surface area (Å²) in [5, 5.41) is 10.9. The largest absolute Gasteiger partial charge is 0.387 e. The zero-order valence-corrected chi connectivity index (χ0v) is 12.2. The molecule has 1 aliphatic carbocycles. The highest BCUT2D eigenvalue weighted by molar-refractivity contribution is 7.15. The number of aryl methyl sites for hydroxylation is 1. The van der Waals surface area contributed by atoms with Crippen molar-refractivity contribution in [3.05, 3.63) is 46.2 Å². The molecule has 0 radical (unpaired) electrons. The number of benzene rings is 1. The fourth-order valence-corrected chi connectivity index (χ4v) is 3.59. The van der Waals surface area contributed by atoms with Crippen molar-refractivity contribution in [3.8, 4) is 0 Å². The van der Waals surface area contributed by atoms with E-state index in [0.29, 0.717) is 6.54 Å². The highest BCUT2D eigenvalue weighted by atomic mass is 32.1. The molecule has 0 saturated heterocycles. The Labute approximate surface area is 121 Å². The van der Waals surface area contributed by atoms with E-state index in [9.17, 15) is 9.50 Å². The minimum absolute atomic E-state index is 0.218. The van der Waals surface area contributed by atoms with Crippen molar-refractivity contribution in [2.24, 2.45) is 0 Å². The number of aromatic nitrogens is 1. The number of halogens is 1. The van der Waals surface area contributed by atoms with Crippen LogP contribution >= 0.6 is 11.3 Å². The second kappa shape index (κ2) is 5.50. The number of nitrogens with zero attached hydrogens (tertiary/aromatic N) is 2. The van der Waals surface area contributed by atoms with Crippen LogP contribution in [0.25, 0.3) is 0 Å². The maximum absolute atomic E-state index is 12.9. The van der Waals surface area contributed by atoms with Crippen molar-refractivity contribution in [1.29, 1.82) is 0 Å². The molecule has 2 aromatic rings. The molecule has 5 heteroatoms. The minimum atomic E-state index is -0.414. The van der Waals surface area contributed by atoms with Gasteiger partial charge >= 0.3 is 0 Å². The van der Waals surface area contributed by atoms with Crippen LogP contribution in [0.15, 0.2) is 24.3 Å². The summed E-state index contributed by atoms with van der Waals surface area (Å²) in [6, 6.07) is 6.52. The number of hydrogen-bond acceptors (Lipinski definition) is 4. The summed E-state index contributed by atoms with van der Waals surface area (Å²) >= 11 is 1.65. The van der Waals surface area contributed by atoms with Gasteiger partial charge in [0.15, 0.2) is 5.13 Å². The zero-order chi connectivity index (χ0) is 14.1. The Morgan fingerprint density at radius 3 is 2.85 bits per heavy atom. The first kappa shape index (κ1) is 13.5. The van der Waals surface area contributed by atoms with Crippen LogP contribution < -0.4 is 4.90 Å². The SMILES string of the molecule is CN(Cc1ccc(F)cc1)c1nc2c(s1)CCCC2O. The number of aliphatic hydroxyl groups is 1. The molecule has 1 aliphatic rings. The molecule has 20 heavy (non-hydrogen) atoms. The summed E-state index contributed by atoms with van der Waals surface area (Å²) < 4.78 is 12.9. The van der Waals surface area contributed by atoms with Crippen molar-refractivity contribution in [3.63, 3.8) is 0 Å². The van der Waals surface area contributed by atoms with Gasteiger partial charge in [-0.2, -0.15) is 0 Å². The predicted octanol–water partition coefficient (Wildman–Crippen LogP) is 3.29. The maximum Gasteiger partial charge on any atom is 0.185 e. The van der Waals surface area contributed by atoms with Gasteiger partial charge in [0.25, 0.3) is 0 Å². The maximum atomic E-state index is 12.9. The van der Waals surface area contributed by atoms with Crippen LogP contribution in [0.1, 0.15) is 35.1 Å². The van der Waals surface area contributed by atoms with Crippen LogP contribution in [-0.4, -0.2) is 17.1 Å². The third-order valence-corrected chi connectivity index (χ3v) is 4.82. The average molecular weight is 292 g/mol. The van der Waals surface area contributed by atoms with Crippen molar-refractivity contribution >= 4 is 16.5 Å². The zero-order valence-electron chi connectivity index (χ0n) is 11.3. The van der Waals surface area contributed by atoms with Crippen LogP contribution in [0.5, 0.6) is 0 Å². The lowest BCUT2D eigenvalue weighted by molar-refractivity contribution is 0.153. The van der Waals surface area contributed by atoms with Gasteiger partial charge in [0.2, 0.25) is 0 Å². The first-order valence-electron chi connectivity index (χ1n) is 6.77. The molecular formula is C15H17FN2OS. The second-order valence-electron chi connectivity index (χ2n) is 5.20. The lowest BCUT2D eigenvalue weighted by Gasteiger charge is -2.16. The highest BCUT2D eigenvalue weighted by Crippen LogP contribution is 2.36. The smallest absolute Gasteiger partial charge is 0.185 e. The first-order chi connectivity index (χ1) is 9.63. The van der Waals surface area contributed by atoms with E-state index in [1.807, 2.05) is 11.9 Å². The summed E-state index contributed by atoms with van der Waals surface area (Å²) in [5.41, 5.74) is 1.89. The molecule has 0 aliphatic heterocycles. The molecule has 106 valence electrons.